The van der Waals surface area contributed by atoms with Gasteiger partial charge in [-0.1, -0.05) is 30.3 Å². The van der Waals surface area contributed by atoms with E-state index in [1.165, 1.54) is 5.56 Å². The first kappa shape index (κ1) is 14.7. The molecule has 0 saturated heterocycles. The fourth-order valence-corrected chi connectivity index (χ4v) is 2.51. The van der Waals surface area contributed by atoms with E-state index in [0.717, 1.165) is 22.2 Å². The van der Waals surface area contributed by atoms with Crippen LogP contribution < -0.4 is 5.32 Å². The van der Waals surface area contributed by atoms with E-state index < -0.39 is 0 Å². The van der Waals surface area contributed by atoms with Crippen LogP contribution in [0.15, 0.2) is 54.0 Å². The summed E-state index contributed by atoms with van der Waals surface area (Å²) >= 11 is 1.58. The van der Waals surface area contributed by atoms with Gasteiger partial charge in [0.05, 0.1) is 5.69 Å². The Morgan fingerprint density at radius 3 is 2.65 bits per heavy atom. The number of anilines is 2. The van der Waals surface area contributed by atoms with E-state index in [0.29, 0.717) is 0 Å². The smallest absolute Gasteiger partial charge is 0.188 e. The maximum Gasteiger partial charge on any atom is 0.188 e. The number of benzene rings is 1. The monoisotopic (exact) mass is 347 g/mol. The highest BCUT2D eigenvalue weighted by Crippen LogP contribution is 2.26. The maximum atomic E-state index is 4.57. The van der Waals surface area contributed by atoms with Gasteiger partial charge in [-0.3, -0.25) is 0 Å². The highest BCUT2D eigenvalue weighted by atomic mass is 79.9. The zero-order valence-corrected chi connectivity index (χ0v) is 13.4. The third-order valence-corrected chi connectivity index (χ3v) is 3.48. The van der Waals surface area contributed by atoms with E-state index in [4.69, 9.17) is 0 Å². The molecule has 0 radical (unpaired) electrons. The van der Waals surface area contributed by atoms with Crippen LogP contribution in [-0.4, -0.2) is 9.97 Å². The first-order valence-corrected chi connectivity index (χ1v) is 6.90. The van der Waals surface area contributed by atoms with Crippen LogP contribution in [0.4, 0.5) is 10.9 Å². The predicted octanol–water partition coefficient (Wildman–Crippen LogP) is 4.84. The molecule has 0 fully saturated rings. The third-order valence-electron chi connectivity index (χ3n) is 2.72. The van der Waals surface area contributed by atoms with Crippen LogP contribution in [0.3, 0.4) is 0 Å². The molecular formula is C15H14BrN3S. The standard InChI is InChI=1S/C15H13N3S.BrH/c1-11-7-8-16-14(9-11)18-15-17-13(10-19-15)12-5-3-2-4-6-12;/h2-10H,1H3,(H,16,17,18);1H. The summed E-state index contributed by atoms with van der Waals surface area (Å²) in [5, 5.41) is 6.14. The molecule has 2 heterocycles. The zero-order chi connectivity index (χ0) is 13.1. The Balaban J connectivity index is 0.00000147. The zero-order valence-electron chi connectivity index (χ0n) is 10.9. The summed E-state index contributed by atoms with van der Waals surface area (Å²) in [4.78, 5) is 8.85. The number of hydrogen-bond acceptors (Lipinski definition) is 4. The Kier molecular flexibility index (Phi) is 4.87. The molecule has 0 saturated carbocycles. The molecule has 3 aromatic rings. The Morgan fingerprint density at radius 2 is 1.90 bits per heavy atom. The number of hydrogen-bond donors (Lipinski definition) is 1. The Bertz CT molecular complexity index is 682. The van der Waals surface area contributed by atoms with Crippen molar-refractivity contribution in [3.05, 3.63) is 59.6 Å². The highest BCUT2D eigenvalue weighted by Gasteiger charge is 2.04. The molecule has 102 valence electrons. The lowest BCUT2D eigenvalue weighted by molar-refractivity contribution is 1.26. The van der Waals surface area contributed by atoms with Gasteiger partial charge in [-0.25, -0.2) is 9.97 Å². The van der Waals surface area contributed by atoms with E-state index >= 15 is 0 Å². The van der Waals surface area contributed by atoms with Gasteiger partial charge in [0.25, 0.3) is 0 Å². The molecule has 0 aliphatic heterocycles. The number of nitrogens with one attached hydrogen (secondary N) is 1. The molecule has 3 nitrogen and oxygen atoms in total. The molecule has 2 aromatic heterocycles. The van der Waals surface area contributed by atoms with Crippen LogP contribution in [0.2, 0.25) is 0 Å². The van der Waals surface area contributed by atoms with Crippen LogP contribution in [0, 0.1) is 6.92 Å². The molecule has 0 bridgehead atoms. The lowest BCUT2D eigenvalue weighted by atomic mass is 10.2. The minimum Gasteiger partial charge on any atom is -0.316 e. The minimum absolute atomic E-state index is 0. The number of pyridine rings is 1. The van der Waals surface area contributed by atoms with E-state index in [2.05, 4.69) is 27.4 Å². The van der Waals surface area contributed by atoms with E-state index in [1.807, 2.05) is 42.6 Å². The van der Waals surface area contributed by atoms with Gasteiger partial charge in [0, 0.05) is 17.1 Å². The van der Waals surface area contributed by atoms with Gasteiger partial charge < -0.3 is 5.32 Å². The lowest BCUT2D eigenvalue weighted by Gasteiger charge is -2.01. The maximum absolute atomic E-state index is 4.57. The van der Waals surface area contributed by atoms with Gasteiger partial charge in [0.2, 0.25) is 0 Å². The largest absolute Gasteiger partial charge is 0.316 e. The lowest BCUT2D eigenvalue weighted by Crippen LogP contribution is -1.92. The minimum atomic E-state index is 0. The summed E-state index contributed by atoms with van der Waals surface area (Å²) < 4.78 is 0. The molecule has 0 atom stereocenters. The first-order chi connectivity index (χ1) is 9.31. The fourth-order valence-electron chi connectivity index (χ4n) is 1.79. The Morgan fingerprint density at radius 1 is 1.10 bits per heavy atom. The second kappa shape index (κ2) is 6.63. The van der Waals surface area contributed by atoms with Crippen LogP contribution in [0.25, 0.3) is 11.3 Å². The third kappa shape index (κ3) is 3.43. The van der Waals surface area contributed by atoms with Crippen LogP contribution in [0.5, 0.6) is 0 Å². The number of aromatic nitrogens is 2. The van der Waals surface area contributed by atoms with Gasteiger partial charge in [0.15, 0.2) is 5.13 Å². The molecular weight excluding hydrogens is 334 g/mol. The van der Waals surface area contributed by atoms with Crippen molar-refractivity contribution in [3.8, 4) is 11.3 Å². The number of thiazole rings is 1. The van der Waals surface area contributed by atoms with Crippen molar-refractivity contribution < 1.29 is 0 Å². The van der Waals surface area contributed by atoms with Crippen molar-refractivity contribution >= 4 is 39.3 Å². The molecule has 0 amide bonds. The van der Waals surface area contributed by atoms with E-state index in [9.17, 15) is 0 Å². The van der Waals surface area contributed by atoms with Crippen molar-refractivity contribution in [2.24, 2.45) is 0 Å². The van der Waals surface area contributed by atoms with E-state index in [-0.39, 0.29) is 17.0 Å². The average molecular weight is 348 g/mol. The molecule has 1 aromatic carbocycles. The van der Waals surface area contributed by atoms with Crippen molar-refractivity contribution in [3.63, 3.8) is 0 Å². The van der Waals surface area contributed by atoms with E-state index in [1.54, 1.807) is 17.5 Å². The van der Waals surface area contributed by atoms with Crippen LogP contribution >= 0.6 is 28.3 Å². The van der Waals surface area contributed by atoms with Crippen molar-refractivity contribution in [2.45, 2.75) is 6.92 Å². The Hall–Kier alpha value is -1.72. The van der Waals surface area contributed by atoms with Gasteiger partial charge in [-0.05, 0) is 24.6 Å². The molecule has 0 spiro atoms. The SMILES string of the molecule is Br.Cc1ccnc(Nc2nc(-c3ccccc3)cs2)c1. The molecule has 1 N–H and O–H groups in total. The molecule has 5 heteroatoms. The summed E-state index contributed by atoms with van der Waals surface area (Å²) in [6, 6.07) is 14.1. The van der Waals surface area contributed by atoms with Gasteiger partial charge >= 0.3 is 0 Å². The number of halogens is 1. The van der Waals surface area contributed by atoms with Gasteiger partial charge in [-0.2, -0.15) is 0 Å². The fraction of sp³-hybridized carbons (Fsp3) is 0.0667. The Labute approximate surface area is 132 Å². The second-order valence-electron chi connectivity index (χ2n) is 4.25. The predicted molar refractivity (Wildman–Crippen MR) is 90.1 cm³/mol. The first-order valence-electron chi connectivity index (χ1n) is 6.02. The van der Waals surface area contributed by atoms with Gasteiger partial charge in [-0.15, -0.1) is 28.3 Å². The topological polar surface area (TPSA) is 37.8 Å². The summed E-state index contributed by atoms with van der Waals surface area (Å²) in [5.41, 5.74) is 3.29. The van der Waals surface area contributed by atoms with Crippen molar-refractivity contribution in [2.75, 3.05) is 5.32 Å². The average Bonchev–Trinajstić information content (AvgIpc) is 2.88. The molecule has 20 heavy (non-hydrogen) atoms. The number of nitrogens with zero attached hydrogens (tertiary/aromatic N) is 2. The summed E-state index contributed by atoms with van der Waals surface area (Å²) in [6.45, 7) is 2.05. The van der Waals surface area contributed by atoms with Crippen LogP contribution in [-0.2, 0) is 0 Å². The normalized spacial score (nSPS) is 9.85. The summed E-state index contributed by atoms with van der Waals surface area (Å²) in [6.07, 6.45) is 1.80. The molecule has 3 rings (SSSR count). The van der Waals surface area contributed by atoms with Crippen molar-refractivity contribution in [1.29, 1.82) is 0 Å². The second-order valence-corrected chi connectivity index (χ2v) is 5.11. The summed E-state index contributed by atoms with van der Waals surface area (Å²) in [7, 11) is 0. The molecule has 0 aliphatic rings. The summed E-state index contributed by atoms with van der Waals surface area (Å²) in [5.74, 6) is 0.828. The van der Waals surface area contributed by atoms with Crippen molar-refractivity contribution in [1.82, 2.24) is 9.97 Å². The van der Waals surface area contributed by atoms with Gasteiger partial charge in [0.1, 0.15) is 5.82 Å². The highest BCUT2D eigenvalue weighted by molar-refractivity contribution is 8.93. The quantitative estimate of drug-likeness (QED) is 0.736. The molecule has 0 unspecified atom stereocenters. The van der Waals surface area contributed by atoms with Crippen LogP contribution in [0.1, 0.15) is 5.56 Å². The molecule has 0 aliphatic carbocycles. The number of rotatable bonds is 3. The number of aryl methyl sites for hydroxylation is 1.